The van der Waals surface area contributed by atoms with Gasteiger partial charge in [0.05, 0.1) is 6.42 Å². The SMILES string of the molecule is O=C(O)Cc1ccc(SCCc2ccccn2)cc1. The Bertz CT molecular complexity index is 526. The fourth-order valence-electron chi connectivity index (χ4n) is 1.70. The second-order valence-corrected chi connectivity index (χ2v) is 5.30. The van der Waals surface area contributed by atoms with E-state index in [2.05, 4.69) is 4.98 Å². The maximum Gasteiger partial charge on any atom is 0.307 e. The summed E-state index contributed by atoms with van der Waals surface area (Å²) in [4.78, 5) is 16.0. The van der Waals surface area contributed by atoms with E-state index in [0.29, 0.717) is 0 Å². The maximum atomic E-state index is 10.6. The van der Waals surface area contributed by atoms with E-state index in [4.69, 9.17) is 5.11 Å². The van der Waals surface area contributed by atoms with Gasteiger partial charge in [0.25, 0.3) is 0 Å². The Morgan fingerprint density at radius 2 is 1.95 bits per heavy atom. The number of aliphatic carboxylic acids is 1. The molecule has 1 heterocycles. The number of hydrogen-bond donors (Lipinski definition) is 1. The number of carboxylic acids is 1. The minimum atomic E-state index is -0.796. The summed E-state index contributed by atoms with van der Waals surface area (Å²) in [6.45, 7) is 0. The molecule has 1 aromatic heterocycles. The average molecular weight is 273 g/mol. The first-order chi connectivity index (χ1) is 9.24. The summed E-state index contributed by atoms with van der Waals surface area (Å²) in [5.74, 6) is 0.172. The van der Waals surface area contributed by atoms with Crippen molar-refractivity contribution in [2.24, 2.45) is 0 Å². The molecule has 0 aliphatic heterocycles. The molecule has 4 heteroatoms. The summed E-state index contributed by atoms with van der Waals surface area (Å²) in [6, 6.07) is 13.6. The largest absolute Gasteiger partial charge is 0.481 e. The number of pyridine rings is 1. The lowest BCUT2D eigenvalue weighted by Gasteiger charge is -2.03. The Kier molecular flexibility index (Phi) is 4.98. The molecule has 98 valence electrons. The van der Waals surface area contributed by atoms with Gasteiger partial charge in [-0.25, -0.2) is 0 Å². The Labute approximate surface area is 116 Å². The molecular formula is C15H15NO2S. The Morgan fingerprint density at radius 1 is 1.16 bits per heavy atom. The fraction of sp³-hybridized carbons (Fsp3) is 0.200. The molecule has 0 radical (unpaired) electrons. The molecule has 3 nitrogen and oxygen atoms in total. The van der Waals surface area contributed by atoms with E-state index in [-0.39, 0.29) is 6.42 Å². The second-order valence-electron chi connectivity index (χ2n) is 4.13. The van der Waals surface area contributed by atoms with Crippen molar-refractivity contribution in [2.75, 3.05) is 5.75 Å². The number of carboxylic acid groups (broad SMARTS) is 1. The van der Waals surface area contributed by atoms with Gasteiger partial charge in [-0.2, -0.15) is 0 Å². The smallest absolute Gasteiger partial charge is 0.307 e. The van der Waals surface area contributed by atoms with E-state index >= 15 is 0 Å². The van der Waals surface area contributed by atoms with Crippen molar-refractivity contribution in [2.45, 2.75) is 17.7 Å². The lowest BCUT2D eigenvalue weighted by molar-refractivity contribution is -0.136. The molecule has 1 N–H and O–H groups in total. The molecule has 0 aliphatic carbocycles. The molecule has 0 unspecified atom stereocenters. The van der Waals surface area contributed by atoms with Crippen molar-refractivity contribution in [1.29, 1.82) is 0 Å². The number of thioether (sulfide) groups is 1. The topological polar surface area (TPSA) is 50.2 Å². The van der Waals surface area contributed by atoms with Gasteiger partial charge in [-0.1, -0.05) is 18.2 Å². The maximum absolute atomic E-state index is 10.6. The number of carbonyl (C=O) groups is 1. The molecule has 2 aromatic rings. The van der Waals surface area contributed by atoms with Gasteiger partial charge in [-0.3, -0.25) is 9.78 Å². The first-order valence-electron chi connectivity index (χ1n) is 6.07. The van der Waals surface area contributed by atoms with Gasteiger partial charge >= 0.3 is 5.97 Å². The summed E-state index contributed by atoms with van der Waals surface area (Å²) in [6.07, 6.45) is 2.82. The molecule has 0 amide bonds. The van der Waals surface area contributed by atoms with E-state index in [0.717, 1.165) is 28.3 Å². The third-order valence-corrected chi connectivity index (χ3v) is 3.65. The first kappa shape index (κ1) is 13.6. The number of aromatic nitrogens is 1. The van der Waals surface area contributed by atoms with E-state index in [1.165, 1.54) is 0 Å². The van der Waals surface area contributed by atoms with Gasteiger partial charge < -0.3 is 5.11 Å². The van der Waals surface area contributed by atoms with Crippen LogP contribution in [0.4, 0.5) is 0 Å². The minimum Gasteiger partial charge on any atom is -0.481 e. The molecule has 0 saturated carbocycles. The average Bonchev–Trinajstić information content (AvgIpc) is 2.41. The van der Waals surface area contributed by atoms with Gasteiger partial charge in [0.2, 0.25) is 0 Å². The van der Waals surface area contributed by atoms with Crippen LogP contribution in [0.5, 0.6) is 0 Å². The van der Waals surface area contributed by atoms with E-state index in [1.807, 2.05) is 42.5 Å². The molecule has 0 aliphatic rings. The van der Waals surface area contributed by atoms with Crippen LogP contribution in [0.2, 0.25) is 0 Å². The summed E-state index contributed by atoms with van der Waals surface area (Å²) < 4.78 is 0. The van der Waals surface area contributed by atoms with Gasteiger partial charge in [0.1, 0.15) is 0 Å². The molecule has 0 fully saturated rings. The third kappa shape index (κ3) is 4.75. The van der Waals surface area contributed by atoms with E-state index in [1.54, 1.807) is 18.0 Å². The van der Waals surface area contributed by atoms with Crippen LogP contribution >= 0.6 is 11.8 Å². The monoisotopic (exact) mass is 273 g/mol. The summed E-state index contributed by atoms with van der Waals surface area (Å²) in [5, 5.41) is 8.69. The molecule has 0 bridgehead atoms. The second kappa shape index (κ2) is 6.95. The predicted octanol–water partition coefficient (Wildman–Crippen LogP) is 3.04. The molecule has 0 saturated heterocycles. The van der Waals surface area contributed by atoms with Gasteiger partial charge in [-0.05, 0) is 36.2 Å². The number of nitrogens with zero attached hydrogens (tertiary/aromatic N) is 1. The molecule has 0 atom stereocenters. The number of rotatable bonds is 6. The predicted molar refractivity (Wildman–Crippen MR) is 76.4 cm³/mol. The number of aryl methyl sites for hydroxylation is 1. The van der Waals surface area contributed by atoms with Crippen LogP contribution in [0, 0.1) is 0 Å². The highest BCUT2D eigenvalue weighted by Gasteiger charge is 2.01. The van der Waals surface area contributed by atoms with Crippen molar-refractivity contribution in [3.8, 4) is 0 Å². The fourth-order valence-corrected chi connectivity index (χ4v) is 2.57. The van der Waals surface area contributed by atoms with Crippen LogP contribution in [0.3, 0.4) is 0 Å². The third-order valence-electron chi connectivity index (χ3n) is 2.63. The van der Waals surface area contributed by atoms with Crippen molar-refractivity contribution < 1.29 is 9.90 Å². The van der Waals surface area contributed by atoms with Crippen LogP contribution in [0.1, 0.15) is 11.3 Å². The minimum absolute atomic E-state index is 0.0822. The van der Waals surface area contributed by atoms with Crippen LogP contribution in [0.25, 0.3) is 0 Å². The Balaban J connectivity index is 1.81. The summed E-state index contributed by atoms with van der Waals surface area (Å²) in [5.41, 5.74) is 1.93. The van der Waals surface area contributed by atoms with Gasteiger partial charge in [-0.15, -0.1) is 11.8 Å². The zero-order valence-corrected chi connectivity index (χ0v) is 11.3. The van der Waals surface area contributed by atoms with Crippen LogP contribution in [0.15, 0.2) is 53.6 Å². The number of hydrogen-bond acceptors (Lipinski definition) is 3. The zero-order chi connectivity index (χ0) is 13.5. The lowest BCUT2D eigenvalue weighted by Crippen LogP contribution is -1.99. The van der Waals surface area contributed by atoms with Crippen molar-refractivity contribution in [3.63, 3.8) is 0 Å². The molecule has 2 rings (SSSR count). The Morgan fingerprint density at radius 3 is 2.58 bits per heavy atom. The van der Waals surface area contributed by atoms with Crippen LogP contribution in [-0.4, -0.2) is 21.8 Å². The van der Waals surface area contributed by atoms with E-state index in [9.17, 15) is 4.79 Å². The standard InChI is InChI=1S/C15H15NO2S/c17-15(18)11-12-4-6-14(7-5-12)19-10-8-13-3-1-2-9-16-13/h1-7,9H,8,10-11H2,(H,17,18). The van der Waals surface area contributed by atoms with Crippen molar-refractivity contribution in [1.82, 2.24) is 4.98 Å². The summed E-state index contributed by atoms with van der Waals surface area (Å²) >= 11 is 1.76. The van der Waals surface area contributed by atoms with Crippen molar-refractivity contribution >= 4 is 17.7 Å². The molecule has 1 aromatic carbocycles. The van der Waals surface area contributed by atoms with Gasteiger partial charge in [0, 0.05) is 22.5 Å². The lowest BCUT2D eigenvalue weighted by atomic mass is 10.2. The highest BCUT2D eigenvalue weighted by atomic mass is 32.2. The highest BCUT2D eigenvalue weighted by molar-refractivity contribution is 7.99. The zero-order valence-electron chi connectivity index (χ0n) is 10.5. The summed E-state index contributed by atoms with van der Waals surface area (Å²) in [7, 11) is 0. The van der Waals surface area contributed by atoms with Crippen LogP contribution in [-0.2, 0) is 17.6 Å². The molecule has 19 heavy (non-hydrogen) atoms. The van der Waals surface area contributed by atoms with Crippen molar-refractivity contribution in [3.05, 3.63) is 59.9 Å². The molecule has 0 spiro atoms. The normalized spacial score (nSPS) is 10.3. The quantitative estimate of drug-likeness (QED) is 0.822. The molecular weight excluding hydrogens is 258 g/mol. The van der Waals surface area contributed by atoms with Crippen LogP contribution < -0.4 is 0 Å². The first-order valence-corrected chi connectivity index (χ1v) is 7.06. The number of benzene rings is 1. The Hall–Kier alpha value is -1.81. The van der Waals surface area contributed by atoms with Gasteiger partial charge in [0.15, 0.2) is 0 Å². The van der Waals surface area contributed by atoms with E-state index < -0.39 is 5.97 Å². The highest BCUT2D eigenvalue weighted by Crippen LogP contribution is 2.19.